The number of nitro benzene ring substituents is 1. The summed E-state index contributed by atoms with van der Waals surface area (Å²) in [5.74, 6) is -0.0350. The van der Waals surface area contributed by atoms with E-state index in [9.17, 15) is 14.9 Å². The number of nitrogens with zero attached hydrogens (tertiary/aromatic N) is 3. The molecule has 0 atom stereocenters. The number of nitrogens with one attached hydrogen (secondary N) is 1. The van der Waals surface area contributed by atoms with Crippen molar-refractivity contribution in [2.24, 2.45) is 5.92 Å². The van der Waals surface area contributed by atoms with Gasteiger partial charge in [0.2, 0.25) is 0 Å². The molecule has 144 valence electrons. The van der Waals surface area contributed by atoms with E-state index in [1.165, 1.54) is 16.8 Å². The molecule has 7 nitrogen and oxygen atoms in total. The summed E-state index contributed by atoms with van der Waals surface area (Å²) >= 11 is 6.28. The normalized spacial score (nSPS) is 10.9. The maximum atomic E-state index is 12.8. The standard InChI is InChI=1S/C20H19ClN4O3/c1-13(2)12-22-20(26)19-11-18(16-8-3-4-9-17(16)21)23-24(19)14-6-5-7-15(10-14)25(27)28/h3-11,13H,12H2,1-2H3,(H,22,26). The minimum Gasteiger partial charge on any atom is -0.350 e. The topological polar surface area (TPSA) is 90.1 Å². The highest BCUT2D eigenvalue weighted by molar-refractivity contribution is 6.33. The van der Waals surface area contributed by atoms with Crippen molar-refractivity contribution >= 4 is 23.2 Å². The van der Waals surface area contributed by atoms with E-state index in [1.54, 1.807) is 36.4 Å². The van der Waals surface area contributed by atoms with Gasteiger partial charge in [-0.25, -0.2) is 4.68 Å². The fourth-order valence-corrected chi connectivity index (χ4v) is 2.90. The quantitative estimate of drug-likeness (QED) is 0.489. The van der Waals surface area contributed by atoms with E-state index < -0.39 is 4.92 Å². The SMILES string of the molecule is CC(C)CNC(=O)c1cc(-c2ccccc2Cl)nn1-c1cccc([N+](=O)[O-])c1. The van der Waals surface area contributed by atoms with Gasteiger partial charge in [-0.3, -0.25) is 14.9 Å². The van der Waals surface area contributed by atoms with Crippen LogP contribution in [0, 0.1) is 16.0 Å². The predicted molar refractivity (Wildman–Crippen MR) is 108 cm³/mol. The molecule has 0 spiro atoms. The summed E-state index contributed by atoms with van der Waals surface area (Å²) in [5.41, 5.74) is 1.79. The first-order valence-electron chi connectivity index (χ1n) is 8.75. The average molecular weight is 399 g/mol. The Hall–Kier alpha value is -3.19. The molecule has 0 aliphatic carbocycles. The molecule has 2 aromatic carbocycles. The third-order valence-corrected chi connectivity index (χ3v) is 4.38. The molecule has 0 aliphatic rings. The van der Waals surface area contributed by atoms with Gasteiger partial charge in [-0.1, -0.05) is 49.7 Å². The number of carbonyl (C=O) groups excluding carboxylic acids is 1. The van der Waals surface area contributed by atoms with Crippen LogP contribution >= 0.6 is 11.6 Å². The number of hydrogen-bond acceptors (Lipinski definition) is 4. The zero-order valence-corrected chi connectivity index (χ0v) is 16.2. The van der Waals surface area contributed by atoms with Gasteiger partial charge in [-0.15, -0.1) is 0 Å². The molecule has 0 unspecified atom stereocenters. The van der Waals surface area contributed by atoms with Crippen LogP contribution in [0.1, 0.15) is 24.3 Å². The second kappa shape index (κ2) is 8.22. The van der Waals surface area contributed by atoms with Gasteiger partial charge in [0.15, 0.2) is 0 Å². The van der Waals surface area contributed by atoms with Crippen LogP contribution in [0.4, 0.5) is 5.69 Å². The molecule has 1 N–H and O–H groups in total. The van der Waals surface area contributed by atoms with E-state index in [-0.39, 0.29) is 23.2 Å². The van der Waals surface area contributed by atoms with Crippen molar-refractivity contribution in [1.82, 2.24) is 15.1 Å². The van der Waals surface area contributed by atoms with Crippen molar-refractivity contribution in [1.29, 1.82) is 0 Å². The van der Waals surface area contributed by atoms with Crippen LogP contribution in [0.15, 0.2) is 54.6 Å². The maximum Gasteiger partial charge on any atom is 0.271 e. The van der Waals surface area contributed by atoms with Crippen LogP contribution in [0.5, 0.6) is 0 Å². The number of amides is 1. The number of hydrogen-bond donors (Lipinski definition) is 1. The first-order chi connectivity index (χ1) is 13.4. The molecule has 0 radical (unpaired) electrons. The minimum absolute atomic E-state index is 0.0826. The van der Waals surface area contributed by atoms with Gasteiger partial charge in [0, 0.05) is 24.2 Å². The minimum atomic E-state index is -0.486. The maximum absolute atomic E-state index is 12.8. The van der Waals surface area contributed by atoms with Crippen molar-refractivity contribution < 1.29 is 9.72 Å². The van der Waals surface area contributed by atoms with Crippen LogP contribution in [0.25, 0.3) is 16.9 Å². The number of aromatic nitrogens is 2. The lowest BCUT2D eigenvalue weighted by Crippen LogP contribution is -2.29. The molecular formula is C20H19ClN4O3. The molecule has 1 amide bonds. The largest absolute Gasteiger partial charge is 0.350 e. The number of carbonyl (C=O) groups is 1. The third kappa shape index (κ3) is 4.20. The Morgan fingerprint density at radius 3 is 2.64 bits per heavy atom. The molecule has 3 aromatic rings. The Bertz CT molecular complexity index is 1030. The van der Waals surface area contributed by atoms with E-state index >= 15 is 0 Å². The van der Waals surface area contributed by atoms with Crippen LogP contribution in [0.2, 0.25) is 5.02 Å². The molecule has 0 saturated heterocycles. The van der Waals surface area contributed by atoms with E-state index in [2.05, 4.69) is 10.4 Å². The smallest absolute Gasteiger partial charge is 0.271 e. The number of non-ortho nitro benzene ring substituents is 1. The van der Waals surface area contributed by atoms with Gasteiger partial charge in [-0.2, -0.15) is 5.10 Å². The van der Waals surface area contributed by atoms with Crippen LogP contribution in [-0.4, -0.2) is 27.2 Å². The van der Waals surface area contributed by atoms with Gasteiger partial charge in [0.05, 0.1) is 21.3 Å². The van der Waals surface area contributed by atoms with Gasteiger partial charge < -0.3 is 5.32 Å². The summed E-state index contributed by atoms with van der Waals surface area (Å²) in [5, 5.41) is 19.0. The molecule has 0 saturated carbocycles. The number of halogens is 1. The highest BCUT2D eigenvalue weighted by Crippen LogP contribution is 2.28. The van der Waals surface area contributed by atoms with E-state index in [0.717, 1.165) is 0 Å². The lowest BCUT2D eigenvalue weighted by molar-refractivity contribution is -0.384. The van der Waals surface area contributed by atoms with Crippen molar-refractivity contribution in [2.45, 2.75) is 13.8 Å². The fraction of sp³-hybridized carbons (Fsp3) is 0.200. The first-order valence-corrected chi connectivity index (χ1v) is 9.12. The molecule has 8 heteroatoms. The Morgan fingerprint density at radius 2 is 1.96 bits per heavy atom. The van der Waals surface area contributed by atoms with Crippen LogP contribution in [0.3, 0.4) is 0 Å². The molecule has 28 heavy (non-hydrogen) atoms. The molecule has 1 aromatic heterocycles. The zero-order chi connectivity index (χ0) is 20.3. The second-order valence-corrected chi connectivity index (χ2v) is 7.09. The third-order valence-electron chi connectivity index (χ3n) is 4.05. The van der Waals surface area contributed by atoms with Gasteiger partial charge in [0.1, 0.15) is 5.69 Å². The van der Waals surface area contributed by atoms with Crippen LogP contribution < -0.4 is 5.32 Å². The monoisotopic (exact) mass is 398 g/mol. The molecule has 0 aliphatic heterocycles. The average Bonchev–Trinajstić information content (AvgIpc) is 3.11. The lowest BCUT2D eigenvalue weighted by Gasteiger charge is -2.09. The first kappa shape index (κ1) is 19.6. The van der Waals surface area contributed by atoms with Gasteiger partial charge in [0.25, 0.3) is 11.6 Å². The molecular weight excluding hydrogens is 380 g/mol. The number of nitro groups is 1. The number of rotatable bonds is 6. The van der Waals surface area contributed by atoms with E-state index in [4.69, 9.17) is 11.6 Å². The summed E-state index contributed by atoms with van der Waals surface area (Å²) < 4.78 is 1.40. The van der Waals surface area contributed by atoms with Crippen LogP contribution in [-0.2, 0) is 0 Å². The van der Waals surface area contributed by atoms with Gasteiger partial charge in [-0.05, 0) is 24.1 Å². The molecule has 3 rings (SSSR count). The summed E-state index contributed by atoms with van der Waals surface area (Å²) in [6.07, 6.45) is 0. The summed E-state index contributed by atoms with van der Waals surface area (Å²) in [4.78, 5) is 23.4. The number of benzene rings is 2. The highest BCUT2D eigenvalue weighted by atomic mass is 35.5. The second-order valence-electron chi connectivity index (χ2n) is 6.69. The Balaban J connectivity index is 2.11. The fourth-order valence-electron chi connectivity index (χ4n) is 2.67. The van der Waals surface area contributed by atoms with Crippen molar-refractivity contribution in [2.75, 3.05) is 6.54 Å². The van der Waals surface area contributed by atoms with E-state index in [1.807, 2.05) is 19.9 Å². The molecule has 0 bridgehead atoms. The van der Waals surface area contributed by atoms with Gasteiger partial charge >= 0.3 is 0 Å². The molecule has 0 fully saturated rings. The van der Waals surface area contributed by atoms with Crippen molar-refractivity contribution in [3.05, 3.63) is 75.4 Å². The predicted octanol–water partition coefficient (Wildman–Crippen LogP) is 4.49. The Morgan fingerprint density at radius 1 is 1.21 bits per heavy atom. The highest BCUT2D eigenvalue weighted by Gasteiger charge is 2.20. The van der Waals surface area contributed by atoms with Crippen molar-refractivity contribution in [3.8, 4) is 16.9 Å². The zero-order valence-electron chi connectivity index (χ0n) is 15.4. The lowest BCUT2D eigenvalue weighted by atomic mass is 10.1. The Labute approximate surface area is 167 Å². The van der Waals surface area contributed by atoms with Crippen molar-refractivity contribution in [3.63, 3.8) is 0 Å². The molecule has 1 heterocycles. The summed E-state index contributed by atoms with van der Waals surface area (Å²) in [6, 6.07) is 14.8. The Kier molecular flexibility index (Phi) is 5.75. The summed E-state index contributed by atoms with van der Waals surface area (Å²) in [7, 11) is 0. The summed E-state index contributed by atoms with van der Waals surface area (Å²) in [6.45, 7) is 4.49. The van der Waals surface area contributed by atoms with E-state index in [0.29, 0.717) is 28.5 Å².